The van der Waals surface area contributed by atoms with E-state index in [1.165, 1.54) is 11.1 Å². The summed E-state index contributed by atoms with van der Waals surface area (Å²) in [4.78, 5) is 12.4. The molecule has 0 aromatic heterocycles. The van der Waals surface area contributed by atoms with Gasteiger partial charge < -0.3 is 0 Å². The van der Waals surface area contributed by atoms with Gasteiger partial charge in [0.2, 0.25) is 0 Å². The van der Waals surface area contributed by atoms with Crippen LogP contribution in [0.3, 0.4) is 0 Å². The monoisotopic (exact) mass is 346 g/mol. The summed E-state index contributed by atoms with van der Waals surface area (Å²) in [5, 5.41) is 0. The van der Waals surface area contributed by atoms with Gasteiger partial charge in [-0.15, -0.1) is 0 Å². The number of hydrogen-bond acceptors (Lipinski definition) is 1. The largest absolute Gasteiger partial charge is 0.294 e. The smallest absolute Gasteiger partial charge is 0.166 e. The number of aryl methyl sites for hydroxylation is 1. The molecule has 0 bridgehead atoms. The Labute approximate surface area is 132 Å². The molecule has 0 saturated heterocycles. The number of carbonyl (C=O) groups is 1. The Morgan fingerprint density at radius 1 is 1.19 bits per heavy atom. The zero-order valence-electron chi connectivity index (χ0n) is 11.6. The van der Waals surface area contributed by atoms with Crippen LogP contribution in [0.15, 0.2) is 46.9 Å². The lowest BCUT2D eigenvalue weighted by Gasteiger charge is -2.25. The maximum Gasteiger partial charge on any atom is 0.166 e. The molecule has 3 rings (SSSR count). The number of fused-ring (bicyclic) bond motifs is 1. The van der Waals surface area contributed by atoms with Crippen LogP contribution in [0.1, 0.15) is 46.7 Å². The molecule has 0 heterocycles. The van der Waals surface area contributed by atoms with Crippen molar-refractivity contribution in [3.05, 3.63) is 69.4 Å². The Balaban J connectivity index is 1.85. The molecular formula is C18H16BrFO. The van der Waals surface area contributed by atoms with Crippen LogP contribution in [-0.2, 0) is 6.42 Å². The fourth-order valence-electron chi connectivity index (χ4n) is 3.12. The summed E-state index contributed by atoms with van der Waals surface area (Å²) in [6.45, 7) is 0. The normalized spacial score (nSPS) is 17.3. The standard InChI is InChI=1S/C18H16BrFO/c19-16-10-4-9-15(18(16)20)17(21)11-13-7-3-6-12-5-1-2-8-14(12)13/h1-2,4-5,8-10,13H,3,6-7,11H2. The van der Waals surface area contributed by atoms with E-state index in [1.54, 1.807) is 18.2 Å². The Morgan fingerprint density at radius 2 is 2.00 bits per heavy atom. The fraction of sp³-hybridized carbons (Fsp3) is 0.278. The first-order valence-electron chi connectivity index (χ1n) is 7.22. The molecular weight excluding hydrogens is 331 g/mol. The van der Waals surface area contributed by atoms with E-state index in [0.29, 0.717) is 10.9 Å². The summed E-state index contributed by atoms with van der Waals surface area (Å²) >= 11 is 3.14. The second-order valence-corrected chi connectivity index (χ2v) is 6.37. The number of hydrogen-bond donors (Lipinski definition) is 0. The Kier molecular flexibility index (Phi) is 4.20. The van der Waals surface area contributed by atoms with E-state index in [1.807, 2.05) is 12.1 Å². The van der Waals surface area contributed by atoms with Gasteiger partial charge in [0.1, 0.15) is 5.82 Å². The zero-order valence-corrected chi connectivity index (χ0v) is 13.2. The van der Waals surface area contributed by atoms with Crippen molar-refractivity contribution in [1.29, 1.82) is 0 Å². The van der Waals surface area contributed by atoms with E-state index >= 15 is 0 Å². The number of ketones is 1. The van der Waals surface area contributed by atoms with Crippen LogP contribution in [0.4, 0.5) is 4.39 Å². The summed E-state index contributed by atoms with van der Waals surface area (Å²) in [7, 11) is 0. The van der Waals surface area contributed by atoms with Gasteiger partial charge in [-0.3, -0.25) is 4.79 Å². The third-order valence-electron chi connectivity index (χ3n) is 4.18. The van der Waals surface area contributed by atoms with E-state index < -0.39 is 5.82 Å². The molecule has 0 aliphatic heterocycles. The summed E-state index contributed by atoms with van der Waals surface area (Å²) in [5.74, 6) is -0.358. The fourth-order valence-corrected chi connectivity index (χ4v) is 3.49. The van der Waals surface area contributed by atoms with Crippen molar-refractivity contribution >= 4 is 21.7 Å². The van der Waals surface area contributed by atoms with Gasteiger partial charge in [-0.1, -0.05) is 30.3 Å². The predicted molar refractivity (Wildman–Crippen MR) is 85.2 cm³/mol. The van der Waals surface area contributed by atoms with Crippen molar-refractivity contribution in [2.75, 3.05) is 0 Å². The zero-order chi connectivity index (χ0) is 14.8. The van der Waals surface area contributed by atoms with E-state index in [2.05, 4.69) is 28.1 Å². The SMILES string of the molecule is O=C(CC1CCCc2ccccc21)c1cccc(Br)c1F. The molecule has 1 atom stereocenters. The van der Waals surface area contributed by atoms with Crippen LogP contribution >= 0.6 is 15.9 Å². The Hall–Kier alpha value is -1.48. The van der Waals surface area contributed by atoms with Crippen molar-refractivity contribution in [2.45, 2.75) is 31.6 Å². The van der Waals surface area contributed by atoms with Gasteiger partial charge in [-0.25, -0.2) is 4.39 Å². The topological polar surface area (TPSA) is 17.1 Å². The molecule has 0 spiro atoms. The van der Waals surface area contributed by atoms with Crippen molar-refractivity contribution in [3.63, 3.8) is 0 Å². The average Bonchev–Trinajstić information content (AvgIpc) is 2.50. The van der Waals surface area contributed by atoms with Gasteiger partial charge in [-0.05, 0) is 64.4 Å². The molecule has 1 aliphatic carbocycles. The summed E-state index contributed by atoms with van der Waals surface area (Å²) < 4.78 is 14.4. The molecule has 3 heteroatoms. The molecule has 0 saturated carbocycles. The van der Waals surface area contributed by atoms with Crippen LogP contribution in [-0.4, -0.2) is 5.78 Å². The number of carbonyl (C=O) groups excluding carboxylic acids is 1. The number of benzene rings is 2. The third-order valence-corrected chi connectivity index (χ3v) is 4.79. The first-order valence-corrected chi connectivity index (χ1v) is 8.01. The van der Waals surface area contributed by atoms with Gasteiger partial charge in [0, 0.05) is 6.42 Å². The van der Waals surface area contributed by atoms with Gasteiger partial charge >= 0.3 is 0 Å². The molecule has 2 aromatic rings. The molecule has 0 fully saturated rings. The van der Waals surface area contributed by atoms with Gasteiger partial charge in [0.05, 0.1) is 10.0 Å². The lowest BCUT2D eigenvalue weighted by Crippen LogP contribution is -2.14. The van der Waals surface area contributed by atoms with Crippen molar-refractivity contribution in [1.82, 2.24) is 0 Å². The highest BCUT2D eigenvalue weighted by molar-refractivity contribution is 9.10. The van der Waals surface area contributed by atoms with Gasteiger partial charge in [-0.2, -0.15) is 0 Å². The lowest BCUT2D eigenvalue weighted by atomic mass is 9.79. The molecule has 21 heavy (non-hydrogen) atoms. The predicted octanol–water partition coefficient (Wildman–Crippen LogP) is 5.28. The molecule has 0 N–H and O–H groups in total. The first kappa shape index (κ1) is 14.5. The van der Waals surface area contributed by atoms with Crippen molar-refractivity contribution < 1.29 is 9.18 Å². The second-order valence-electron chi connectivity index (χ2n) is 5.52. The number of rotatable bonds is 3. The summed E-state index contributed by atoms with van der Waals surface area (Å²) in [6.07, 6.45) is 3.55. The van der Waals surface area contributed by atoms with Crippen molar-refractivity contribution in [3.8, 4) is 0 Å². The lowest BCUT2D eigenvalue weighted by molar-refractivity contribution is 0.0967. The van der Waals surface area contributed by atoms with E-state index in [4.69, 9.17) is 0 Å². The minimum atomic E-state index is -0.452. The van der Waals surface area contributed by atoms with Crippen LogP contribution in [0.2, 0.25) is 0 Å². The van der Waals surface area contributed by atoms with Crippen molar-refractivity contribution in [2.24, 2.45) is 0 Å². The quantitative estimate of drug-likeness (QED) is 0.691. The number of Topliss-reactive ketones (excluding diaryl/α,β-unsaturated/α-hetero) is 1. The molecule has 1 nitrogen and oxygen atoms in total. The van der Waals surface area contributed by atoms with E-state index in [9.17, 15) is 9.18 Å². The third kappa shape index (κ3) is 2.93. The average molecular weight is 347 g/mol. The first-order chi connectivity index (χ1) is 10.2. The molecule has 2 aromatic carbocycles. The maximum atomic E-state index is 14.0. The summed E-state index contributed by atoms with van der Waals surface area (Å²) in [5.41, 5.74) is 2.77. The maximum absolute atomic E-state index is 14.0. The van der Waals surface area contributed by atoms with Crippen LogP contribution in [0.5, 0.6) is 0 Å². The highest BCUT2D eigenvalue weighted by Crippen LogP contribution is 2.35. The molecule has 1 aliphatic rings. The Morgan fingerprint density at radius 3 is 2.86 bits per heavy atom. The van der Waals surface area contributed by atoms with E-state index in [-0.39, 0.29) is 17.3 Å². The van der Waals surface area contributed by atoms with Gasteiger partial charge in [0.15, 0.2) is 5.78 Å². The van der Waals surface area contributed by atoms with Crippen LogP contribution < -0.4 is 0 Å². The minimum Gasteiger partial charge on any atom is -0.294 e. The minimum absolute atomic E-state index is 0.115. The molecule has 1 unspecified atom stereocenters. The molecule has 0 radical (unpaired) electrons. The molecule has 0 amide bonds. The highest BCUT2D eigenvalue weighted by Gasteiger charge is 2.24. The molecule has 108 valence electrons. The van der Waals surface area contributed by atoms with Crippen LogP contribution in [0.25, 0.3) is 0 Å². The number of halogens is 2. The summed E-state index contributed by atoms with van der Waals surface area (Å²) in [6, 6.07) is 13.2. The Bertz CT molecular complexity index is 681. The van der Waals surface area contributed by atoms with Crippen LogP contribution in [0, 0.1) is 5.82 Å². The van der Waals surface area contributed by atoms with E-state index in [0.717, 1.165) is 19.3 Å². The highest BCUT2D eigenvalue weighted by atomic mass is 79.9. The second kappa shape index (κ2) is 6.10. The van der Waals surface area contributed by atoms with Gasteiger partial charge in [0.25, 0.3) is 0 Å².